The molecule has 0 saturated heterocycles. The minimum Gasteiger partial charge on any atom is -0.372 e. The van der Waals surface area contributed by atoms with Crippen molar-refractivity contribution >= 4 is 0 Å². The Bertz CT molecular complexity index is 17.5. The number of hydrogen-bond acceptors (Lipinski definition) is 0. The van der Waals surface area contributed by atoms with E-state index in [4.69, 9.17) is 0 Å². The fourth-order valence-electron chi connectivity index (χ4n) is 0.204. The van der Waals surface area contributed by atoms with Gasteiger partial charge in [0.2, 0.25) is 0 Å². The zero-order valence-corrected chi connectivity index (χ0v) is 20.8. The van der Waals surface area contributed by atoms with Gasteiger partial charge in [0.05, 0.1) is 0 Å². The average molecular weight is 515 g/mol. The first-order chi connectivity index (χ1) is 2.41. The maximum absolute atomic E-state index is 3.62. The van der Waals surface area contributed by atoms with Crippen LogP contribution in [0.15, 0.2) is 0 Å². The monoisotopic (exact) mass is 515 g/mol. The summed E-state index contributed by atoms with van der Waals surface area (Å²) in [6.45, 7) is 5.74. The molecule has 0 fully saturated rings. The first-order valence-electron chi connectivity index (χ1n) is 2.02. The van der Waals surface area contributed by atoms with Gasteiger partial charge in [0.15, 0.2) is 0 Å². The Hall–Kier alpha value is 5.52. The van der Waals surface area contributed by atoms with Crippen LogP contribution in [0, 0.1) is 13.3 Å². The van der Waals surface area contributed by atoms with Gasteiger partial charge in [0.25, 0.3) is 0 Å². The van der Waals surface area contributed by atoms with Crippen molar-refractivity contribution in [2.24, 2.45) is 0 Å². The van der Waals surface area contributed by atoms with Gasteiger partial charge in [-0.25, -0.2) is 0 Å². The molecule has 0 saturated carbocycles. The SMILES string of the molecule is [CH2-]C[CH-]CC.[Y].[Y].[Y].[Y].[Y]. The van der Waals surface area contributed by atoms with Gasteiger partial charge in [-0.3, -0.25) is 0 Å². The summed E-state index contributed by atoms with van der Waals surface area (Å²) in [5.74, 6) is 0. The molecular weight excluding hydrogens is 505 g/mol. The maximum atomic E-state index is 3.62. The van der Waals surface area contributed by atoms with Gasteiger partial charge in [-0.1, -0.05) is 6.92 Å². The molecule has 0 unspecified atom stereocenters. The summed E-state index contributed by atoms with van der Waals surface area (Å²) in [5.41, 5.74) is 0. The molecule has 10 heavy (non-hydrogen) atoms. The predicted molar refractivity (Wildman–Crippen MR) is 24.6 cm³/mol. The van der Waals surface area contributed by atoms with Crippen LogP contribution in [0.5, 0.6) is 0 Å². The second-order valence-corrected chi connectivity index (χ2v) is 0.986. The van der Waals surface area contributed by atoms with Crippen molar-refractivity contribution in [3.8, 4) is 0 Å². The standard InChI is InChI=1S/C5H10.5Y/c1-3-5-4-2;;;;;/h5H,1,3-4H2,2H3;;;;;/q-2;;;;;. The molecule has 0 N–H and O–H groups in total. The molecular formula is C5H10Y5-2. The van der Waals surface area contributed by atoms with Crippen LogP contribution >= 0.6 is 0 Å². The Balaban J connectivity index is -0.00000000800. The summed E-state index contributed by atoms with van der Waals surface area (Å²) in [6.07, 6.45) is 4.26. The summed E-state index contributed by atoms with van der Waals surface area (Å²) in [7, 11) is 0. The Morgan fingerprint density at radius 2 is 1.30 bits per heavy atom. The van der Waals surface area contributed by atoms with E-state index in [1.54, 1.807) is 0 Å². The van der Waals surface area contributed by atoms with Crippen LogP contribution < -0.4 is 0 Å². The molecule has 5 heteroatoms. The molecule has 0 heterocycles. The van der Waals surface area contributed by atoms with Crippen LogP contribution in [0.4, 0.5) is 0 Å². The van der Waals surface area contributed by atoms with E-state index >= 15 is 0 Å². The predicted octanol–water partition coefficient (Wildman–Crippen LogP) is 1.81. The normalized spacial score (nSPS) is 4.20. The van der Waals surface area contributed by atoms with E-state index in [0.29, 0.717) is 0 Å². The smallest absolute Gasteiger partial charge is 0 e. The van der Waals surface area contributed by atoms with Crippen molar-refractivity contribution < 1.29 is 164 Å². The van der Waals surface area contributed by atoms with E-state index in [-0.39, 0.29) is 164 Å². The van der Waals surface area contributed by atoms with E-state index in [1.165, 1.54) is 0 Å². The van der Waals surface area contributed by atoms with Crippen molar-refractivity contribution in [3.63, 3.8) is 0 Å². The third-order valence-electron chi connectivity index (χ3n) is 0.493. The summed E-state index contributed by atoms with van der Waals surface area (Å²) in [6, 6.07) is 0. The zero-order chi connectivity index (χ0) is 4.12. The quantitative estimate of drug-likeness (QED) is 0.494. The minimum atomic E-state index is 0. The Labute approximate surface area is 191 Å². The molecule has 0 spiro atoms. The molecule has 0 bridgehead atoms. The van der Waals surface area contributed by atoms with E-state index in [0.717, 1.165) is 12.8 Å². The molecule has 0 aliphatic carbocycles. The molecule has 0 nitrogen and oxygen atoms in total. The molecule has 0 aliphatic rings. The minimum absolute atomic E-state index is 0. The van der Waals surface area contributed by atoms with Gasteiger partial charge in [0, 0.05) is 164 Å². The molecule has 47 valence electrons. The molecule has 0 aromatic heterocycles. The van der Waals surface area contributed by atoms with Crippen molar-refractivity contribution in [1.82, 2.24) is 0 Å². The van der Waals surface area contributed by atoms with Crippen molar-refractivity contribution in [2.45, 2.75) is 19.8 Å². The average Bonchev–Trinajstić information content (AvgIpc) is 1.41. The molecule has 0 atom stereocenters. The topological polar surface area (TPSA) is 0 Å². The Morgan fingerprint density at radius 3 is 1.30 bits per heavy atom. The third kappa shape index (κ3) is 37.5. The number of hydrogen-bond donors (Lipinski definition) is 0. The maximum Gasteiger partial charge on any atom is 0 e. The molecule has 0 rings (SSSR count). The number of rotatable bonds is 2. The van der Waals surface area contributed by atoms with E-state index < -0.39 is 0 Å². The van der Waals surface area contributed by atoms with Crippen LogP contribution in [0.1, 0.15) is 19.8 Å². The molecule has 0 aromatic rings. The summed E-state index contributed by atoms with van der Waals surface area (Å²) < 4.78 is 0. The summed E-state index contributed by atoms with van der Waals surface area (Å²) in [5, 5.41) is 0. The number of unbranched alkanes of at least 4 members (excludes halogenated alkanes) is 2. The van der Waals surface area contributed by atoms with Crippen molar-refractivity contribution in [1.29, 1.82) is 0 Å². The van der Waals surface area contributed by atoms with Crippen molar-refractivity contribution in [2.75, 3.05) is 0 Å². The van der Waals surface area contributed by atoms with Crippen LogP contribution in [0.2, 0.25) is 0 Å². The van der Waals surface area contributed by atoms with Crippen LogP contribution in [0.3, 0.4) is 0 Å². The van der Waals surface area contributed by atoms with Crippen LogP contribution in [0.25, 0.3) is 0 Å². The third-order valence-corrected chi connectivity index (χ3v) is 0.493. The van der Waals surface area contributed by atoms with Gasteiger partial charge in [-0.05, 0) is 0 Å². The molecule has 0 aliphatic heterocycles. The van der Waals surface area contributed by atoms with Gasteiger partial charge >= 0.3 is 0 Å². The fourth-order valence-corrected chi connectivity index (χ4v) is 0.204. The summed E-state index contributed by atoms with van der Waals surface area (Å²) in [4.78, 5) is 0. The largest absolute Gasteiger partial charge is 0.372 e. The molecule has 0 aromatic carbocycles. The molecule has 5 radical (unpaired) electrons. The first-order valence-corrected chi connectivity index (χ1v) is 2.02. The van der Waals surface area contributed by atoms with Gasteiger partial charge in [-0.2, -0.15) is 6.42 Å². The second-order valence-electron chi connectivity index (χ2n) is 0.986. The van der Waals surface area contributed by atoms with E-state index in [1.807, 2.05) is 0 Å². The first kappa shape index (κ1) is 36.1. The molecule has 0 amide bonds. The van der Waals surface area contributed by atoms with Gasteiger partial charge in [0.1, 0.15) is 0 Å². The second kappa shape index (κ2) is 36.6. The Kier molecular flexibility index (Phi) is 132. The van der Waals surface area contributed by atoms with Crippen LogP contribution in [-0.2, 0) is 164 Å². The zero-order valence-electron chi connectivity index (χ0n) is 6.59. The fraction of sp³-hybridized carbons (Fsp3) is 0.600. The van der Waals surface area contributed by atoms with Gasteiger partial charge in [-0.15, -0.1) is 0 Å². The van der Waals surface area contributed by atoms with Gasteiger partial charge < -0.3 is 19.8 Å². The van der Waals surface area contributed by atoms with E-state index in [9.17, 15) is 0 Å². The Morgan fingerprint density at radius 1 is 1.00 bits per heavy atom. The summed E-state index contributed by atoms with van der Waals surface area (Å²) >= 11 is 0. The van der Waals surface area contributed by atoms with Crippen LogP contribution in [-0.4, -0.2) is 0 Å². The van der Waals surface area contributed by atoms with Crippen molar-refractivity contribution in [3.05, 3.63) is 13.3 Å². The van der Waals surface area contributed by atoms with E-state index in [2.05, 4.69) is 20.3 Å².